The van der Waals surface area contributed by atoms with Crippen molar-refractivity contribution < 1.29 is 14.2 Å². The average molecular weight is 400 g/mol. The summed E-state index contributed by atoms with van der Waals surface area (Å²) in [7, 11) is 1.76. The van der Waals surface area contributed by atoms with Gasteiger partial charge in [0, 0.05) is 38.5 Å². The lowest BCUT2D eigenvalue weighted by Crippen LogP contribution is -2.45. The van der Waals surface area contributed by atoms with Crippen molar-refractivity contribution in [2.75, 3.05) is 26.7 Å². The Hall–Kier alpha value is -1.89. The zero-order valence-corrected chi connectivity index (χ0v) is 17.2. The van der Waals surface area contributed by atoms with E-state index in [1.54, 1.807) is 19.5 Å². The molecule has 29 heavy (non-hydrogen) atoms. The van der Waals surface area contributed by atoms with Crippen LogP contribution in [0.3, 0.4) is 0 Å². The van der Waals surface area contributed by atoms with Gasteiger partial charge in [0.05, 0.1) is 17.9 Å². The molecule has 1 aliphatic carbocycles. The average Bonchev–Trinajstić information content (AvgIpc) is 2.87. The van der Waals surface area contributed by atoms with Crippen LogP contribution in [-0.4, -0.2) is 52.8 Å². The third-order valence-corrected chi connectivity index (χ3v) is 6.60. The van der Waals surface area contributed by atoms with Gasteiger partial charge in [0.25, 0.3) is 0 Å². The van der Waals surface area contributed by atoms with Gasteiger partial charge in [-0.25, -0.2) is 4.98 Å². The number of fused-ring (bicyclic) bond motifs is 1. The molecule has 0 unspecified atom stereocenters. The highest BCUT2D eigenvalue weighted by Gasteiger charge is 2.33. The van der Waals surface area contributed by atoms with E-state index in [1.165, 1.54) is 11.6 Å². The Morgan fingerprint density at radius 2 is 2.17 bits per heavy atom. The van der Waals surface area contributed by atoms with Gasteiger partial charge < -0.3 is 14.7 Å². The Morgan fingerprint density at radius 1 is 1.31 bits per heavy atom. The number of likely N-dealkylation sites (tertiary alicyclic amines) is 1. The summed E-state index contributed by atoms with van der Waals surface area (Å²) in [6.45, 7) is 4.71. The summed E-state index contributed by atoms with van der Waals surface area (Å²) in [5.41, 5.74) is 4.05. The molecular weight excluding hydrogens is 369 g/mol. The lowest BCUT2D eigenvalue weighted by Gasteiger charge is -2.39. The Kier molecular flexibility index (Phi) is 6.23. The van der Waals surface area contributed by atoms with E-state index in [2.05, 4.69) is 20.9 Å². The van der Waals surface area contributed by atoms with Gasteiger partial charge in [0.15, 0.2) is 0 Å². The van der Waals surface area contributed by atoms with Crippen LogP contribution < -0.4 is 0 Å². The molecule has 4 rings (SSSR count). The SMILES string of the molecule is CO[C@H]1CN(C[C@@H]2CCc3cccnc3[C@@H](O)C2)CC[C@@H]1c1cnc(F)cc1C. The van der Waals surface area contributed by atoms with Crippen LogP contribution in [0.25, 0.3) is 0 Å². The zero-order valence-electron chi connectivity index (χ0n) is 17.2. The van der Waals surface area contributed by atoms with E-state index in [-0.39, 0.29) is 12.0 Å². The third-order valence-electron chi connectivity index (χ3n) is 6.60. The number of piperidine rings is 1. The second kappa shape index (κ2) is 8.86. The molecular formula is C23H30FN3O2. The van der Waals surface area contributed by atoms with Crippen LogP contribution in [0.1, 0.15) is 53.7 Å². The molecule has 2 aromatic heterocycles. The quantitative estimate of drug-likeness (QED) is 0.631. The summed E-state index contributed by atoms with van der Waals surface area (Å²) in [4.78, 5) is 10.7. The lowest BCUT2D eigenvalue weighted by molar-refractivity contribution is 0.00599. The number of hydrogen-bond donors (Lipinski definition) is 1. The third kappa shape index (κ3) is 4.49. The first-order valence-corrected chi connectivity index (χ1v) is 10.5. The number of rotatable bonds is 4. The molecule has 0 saturated carbocycles. The number of aliphatic hydroxyl groups excluding tert-OH is 1. The van der Waals surface area contributed by atoms with Crippen molar-refractivity contribution in [2.45, 2.75) is 50.7 Å². The number of ether oxygens (including phenoxy) is 1. The van der Waals surface area contributed by atoms with Crippen LogP contribution in [0.5, 0.6) is 0 Å². The molecule has 1 saturated heterocycles. The molecule has 1 N–H and O–H groups in total. The molecule has 0 amide bonds. The summed E-state index contributed by atoms with van der Waals surface area (Å²) >= 11 is 0. The summed E-state index contributed by atoms with van der Waals surface area (Å²) in [6.07, 6.45) is 6.76. The number of nitrogens with zero attached hydrogens (tertiary/aromatic N) is 3. The van der Waals surface area contributed by atoms with E-state index in [9.17, 15) is 9.50 Å². The molecule has 0 radical (unpaired) electrons. The second-order valence-electron chi connectivity index (χ2n) is 8.50. The van der Waals surface area contributed by atoms with E-state index in [1.807, 2.05) is 13.0 Å². The van der Waals surface area contributed by atoms with Crippen LogP contribution in [0.15, 0.2) is 30.6 Å². The van der Waals surface area contributed by atoms with Gasteiger partial charge in [-0.3, -0.25) is 4.98 Å². The smallest absolute Gasteiger partial charge is 0.213 e. The zero-order chi connectivity index (χ0) is 20.4. The molecule has 1 fully saturated rings. The van der Waals surface area contributed by atoms with Crippen molar-refractivity contribution >= 4 is 0 Å². The van der Waals surface area contributed by atoms with Crippen LogP contribution in [0, 0.1) is 18.8 Å². The largest absolute Gasteiger partial charge is 0.387 e. The first-order chi connectivity index (χ1) is 14.0. The monoisotopic (exact) mass is 399 g/mol. The van der Waals surface area contributed by atoms with Crippen molar-refractivity contribution in [1.82, 2.24) is 14.9 Å². The fourth-order valence-electron chi connectivity index (χ4n) is 5.06. The topological polar surface area (TPSA) is 58.5 Å². The number of halogens is 1. The van der Waals surface area contributed by atoms with Crippen molar-refractivity contribution in [3.8, 4) is 0 Å². The molecule has 3 heterocycles. The normalized spacial score (nSPS) is 28.0. The van der Waals surface area contributed by atoms with Crippen LogP contribution in [-0.2, 0) is 11.2 Å². The van der Waals surface area contributed by atoms with Gasteiger partial charge in [-0.15, -0.1) is 0 Å². The molecule has 6 heteroatoms. The van der Waals surface area contributed by atoms with Gasteiger partial charge in [-0.1, -0.05) is 6.07 Å². The van der Waals surface area contributed by atoms with Gasteiger partial charge in [-0.05, 0) is 73.9 Å². The van der Waals surface area contributed by atoms with Crippen LogP contribution in [0.4, 0.5) is 4.39 Å². The highest BCUT2D eigenvalue weighted by Crippen LogP contribution is 2.35. The van der Waals surface area contributed by atoms with Gasteiger partial charge in [-0.2, -0.15) is 4.39 Å². The molecule has 1 aliphatic heterocycles. The van der Waals surface area contributed by atoms with E-state index < -0.39 is 12.1 Å². The minimum atomic E-state index is -0.484. The Bertz CT molecular complexity index is 847. The predicted octanol–water partition coefficient (Wildman–Crippen LogP) is 3.41. The van der Waals surface area contributed by atoms with Gasteiger partial charge >= 0.3 is 0 Å². The number of pyridine rings is 2. The van der Waals surface area contributed by atoms with Crippen molar-refractivity contribution in [3.63, 3.8) is 0 Å². The van der Waals surface area contributed by atoms with Gasteiger partial charge in [0.1, 0.15) is 0 Å². The molecule has 2 aromatic rings. The van der Waals surface area contributed by atoms with E-state index >= 15 is 0 Å². The molecule has 0 aromatic carbocycles. The van der Waals surface area contributed by atoms with E-state index in [0.29, 0.717) is 5.92 Å². The van der Waals surface area contributed by atoms with Gasteiger partial charge in [0.2, 0.25) is 5.95 Å². The van der Waals surface area contributed by atoms with Crippen LogP contribution >= 0.6 is 0 Å². The molecule has 156 valence electrons. The predicted molar refractivity (Wildman–Crippen MR) is 109 cm³/mol. The number of hydrogen-bond acceptors (Lipinski definition) is 5. The van der Waals surface area contributed by atoms with Crippen molar-refractivity contribution in [1.29, 1.82) is 0 Å². The summed E-state index contributed by atoms with van der Waals surface area (Å²) in [6, 6.07) is 5.54. The molecule has 4 atom stereocenters. The number of aromatic nitrogens is 2. The Morgan fingerprint density at radius 3 is 2.97 bits per heavy atom. The maximum Gasteiger partial charge on any atom is 0.213 e. The highest BCUT2D eigenvalue weighted by molar-refractivity contribution is 5.28. The van der Waals surface area contributed by atoms with Crippen LogP contribution in [0.2, 0.25) is 0 Å². The summed E-state index contributed by atoms with van der Waals surface area (Å²) in [5, 5.41) is 10.6. The first-order valence-electron chi connectivity index (χ1n) is 10.5. The number of aliphatic hydroxyl groups is 1. The molecule has 2 aliphatic rings. The fraction of sp³-hybridized carbons (Fsp3) is 0.565. The molecule has 5 nitrogen and oxygen atoms in total. The number of methoxy groups -OCH3 is 1. The van der Waals surface area contributed by atoms with Crippen molar-refractivity contribution in [2.24, 2.45) is 5.92 Å². The number of aryl methyl sites for hydroxylation is 2. The maximum atomic E-state index is 13.4. The summed E-state index contributed by atoms with van der Waals surface area (Å²) in [5.74, 6) is 0.236. The summed E-state index contributed by atoms with van der Waals surface area (Å²) < 4.78 is 19.2. The van der Waals surface area contributed by atoms with Crippen molar-refractivity contribution in [3.05, 3.63) is 58.9 Å². The minimum Gasteiger partial charge on any atom is -0.387 e. The molecule has 0 spiro atoms. The molecule has 0 bridgehead atoms. The lowest BCUT2D eigenvalue weighted by atomic mass is 9.85. The highest BCUT2D eigenvalue weighted by atomic mass is 19.1. The Labute approximate surface area is 171 Å². The maximum absolute atomic E-state index is 13.4. The first kappa shape index (κ1) is 20.4. The minimum absolute atomic E-state index is 0.0595. The van der Waals surface area contributed by atoms with E-state index in [4.69, 9.17) is 4.74 Å². The fourth-order valence-corrected chi connectivity index (χ4v) is 5.06. The second-order valence-corrected chi connectivity index (χ2v) is 8.50. The van der Waals surface area contributed by atoms with E-state index in [0.717, 1.165) is 62.1 Å². The Balaban J connectivity index is 1.40. The standard InChI is InChI=1S/C23H30FN3O2/c1-15-10-22(24)26-12-19(15)18-7-9-27(14-21(18)29-2)13-16-5-6-17-4-3-8-25-23(17)20(28)11-16/h3-4,8,10,12,16,18,20-21,28H,5-7,9,11,13-14H2,1-2H3/t16-,18-,20+,21+/m1/s1.